The lowest BCUT2D eigenvalue weighted by Crippen LogP contribution is -2.32. The number of nitrogens with two attached hydrogens (primary N) is 1. The quantitative estimate of drug-likeness (QED) is 0.458. The first-order valence-corrected chi connectivity index (χ1v) is 11.7. The van der Waals surface area contributed by atoms with Crippen LogP contribution in [0.2, 0.25) is 0 Å². The Labute approximate surface area is 195 Å². The molecule has 0 atom stereocenters. The van der Waals surface area contributed by atoms with E-state index in [1.807, 2.05) is 26.4 Å². The van der Waals surface area contributed by atoms with E-state index in [0.717, 1.165) is 60.3 Å². The predicted molar refractivity (Wildman–Crippen MR) is 137 cm³/mol. The fourth-order valence-electron chi connectivity index (χ4n) is 4.73. The maximum atomic E-state index is 6.41. The summed E-state index contributed by atoms with van der Waals surface area (Å²) in [6, 6.07) is 23.3. The smallest absolute Gasteiger partial charge is 0.133 e. The zero-order valence-corrected chi connectivity index (χ0v) is 19.4. The summed E-state index contributed by atoms with van der Waals surface area (Å²) in [5, 5.41) is 0.952. The van der Waals surface area contributed by atoms with E-state index in [1.165, 1.54) is 11.1 Å². The molecule has 1 aliphatic rings. The zero-order valence-electron chi connectivity index (χ0n) is 19.4. The summed E-state index contributed by atoms with van der Waals surface area (Å²) in [6.45, 7) is 3.24. The van der Waals surface area contributed by atoms with Crippen molar-refractivity contribution >= 4 is 22.4 Å². The number of piperidine rings is 1. The minimum atomic E-state index is 0.520. The van der Waals surface area contributed by atoms with E-state index in [1.54, 1.807) is 0 Å². The molecule has 0 amide bonds. The van der Waals surface area contributed by atoms with Gasteiger partial charge in [-0.1, -0.05) is 42.5 Å². The molecule has 0 bridgehead atoms. The number of nitrogen functional groups attached to an aromatic ring is 1. The molecule has 2 N–H and O–H groups in total. The maximum Gasteiger partial charge on any atom is 0.133 e. The zero-order chi connectivity index (χ0) is 22.8. The fraction of sp³-hybridized carbons (Fsp3) is 0.286. The number of pyridine rings is 2. The van der Waals surface area contributed by atoms with E-state index >= 15 is 0 Å². The third-order valence-electron chi connectivity index (χ3n) is 6.72. The summed E-state index contributed by atoms with van der Waals surface area (Å²) in [5.41, 5.74) is 13.0. The van der Waals surface area contributed by atoms with Gasteiger partial charge in [0.15, 0.2) is 0 Å². The number of anilines is 2. The number of fused-ring (bicyclic) bond motifs is 1. The van der Waals surface area contributed by atoms with Gasteiger partial charge in [-0.3, -0.25) is 9.88 Å². The number of benzene rings is 2. The molecule has 1 aliphatic heterocycles. The Bertz CT molecular complexity index is 1230. The molecule has 0 unspecified atom stereocenters. The molecule has 2 aromatic heterocycles. The van der Waals surface area contributed by atoms with Crippen LogP contribution in [0.5, 0.6) is 0 Å². The van der Waals surface area contributed by atoms with E-state index in [2.05, 4.69) is 70.5 Å². The normalized spacial score (nSPS) is 15.1. The maximum absolute atomic E-state index is 6.41. The molecule has 5 rings (SSSR count). The first-order chi connectivity index (χ1) is 16.1. The van der Waals surface area contributed by atoms with Crippen molar-refractivity contribution in [3.05, 3.63) is 84.1 Å². The van der Waals surface area contributed by atoms with Gasteiger partial charge in [-0.15, -0.1) is 0 Å². The van der Waals surface area contributed by atoms with Crippen molar-refractivity contribution in [3.8, 4) is 11.3 Å². The molecule has 4 aromatic rings. The summed E-state index contributed by atoms with van der Waals surface area (Å²) in [7, 11) is 4.08. The molecule has 0 radical (unpaired) electrons. The predicted octanol–water partition coefficient (Wildman–Crippen LogP) is 5.32. The number of hydrogen-bond acceptors (Lipinski definition) is 5. The van der Waals surface area contributed by atoms with Crippen LogP contribution in [0, 0.1) is 0 Å². The van der Waals surface area contributed by atoms with Crippen LogP contribution in [-0.2, 0) is 6.54 Å². The Balaban J connectivity index is 1.32. The topological polar surface area (TPSA) is 58.3 Å². The van der Waals surface area contributed by atoms with E-state index in [9.17, 15) is 0 Å². The minimum absolute atomic E-state index is 0.520. The lowest BCUT2D eigenvalue weighted by molar-refractivity contribution is 0.204. The van der Waals surface area contributed by atoms with Crippen LogP contribution >= 0.6 is 0 Å². The number of likely N-dealkylation sites (tertiary alicyclic amines) is 1. The van der Waals surface area contributed by atoms with Gasteiger partial charge >= 0.3 is 0 Å². The Morgan fingerprint density at radius 3 is 2.39 bits per heavy atom. The molecule has 168 valence electrons. The molecule has 1 fully saturated rings. The third-order valence-corrected chi connectivity index (χ3v) is 6.72. The molecule has 0 aliphatic carbocycles. The van der Waals surface area contributed by atoms with Gasteiger partial charge in [-0.25, -0.2) is 4.98 Å². The van der Waals surface area contributed by atoms with Crippen molar-refractivity contribution in [1.82, 2.24) is 14.9 Å². The highest BCUT2D eigenvalue weighted by molar-refractivity contribution is 5.91. The standard InChI is InChI=1S/C28H31N5/c1-32(2)24-10-8-22(9-11-24)26-17-27-25(28(29)31-26)16-23(18-30-27)21-12-14-33(15-13-21)19-20-6-4-3-5-7-20/h3-11,16-18,21H,12-15,19H2,1-2H3,(H2,29,31). The van der Waals surface area contributed by atoms with Crippen LogP contribution in [0.25, 0.3) is 22.2 Å². The molecule has 3 heterocycles. The monoisotopic (exact) mass is 437 g/mol. The lowest BCUT2D eigenvalue weighted by atomic mass is 9.89. The number of aromatic nitrogens is 2. The number of nitrogens with zero attached hydrogens (tertiary/aromatic N) is 4. The van der Waals surface area contributed by atoms with Crippen LogP contribution in [-0.4, -0.2) is 42.1 Å². The van der Waals surface area contributed by atoms with Gasteiger partial charge in [0.2, 0.25) is 0 Å². The van der Waals surface area contributed by atoms with Crippen molar-refractivity contribution in [1.29, 1.82) is 0 Å². The van der Waals surface area contributed by atoms with Gasteiger partial charge < -0.3 is 10.6 Å². The SMILES string of the molecule is CN(C)c1ccc(-c2cc3ncc(C4CCN(Cc5ccccc5)CC4)cc3c(N)n2)cc1. The first kappa shape index (κ1) is 21.4. The molecule has 1 saturated heterocycles. The van der Waals surface area contributed by atoms with Gasteiger partial charge in [-0.2, -0.15) is 0 Å². The third kappa shape index (κ3) is 4.69. The summed E-state index contributed by atoms with van der Waals surface area (Å²) < 4.78 is 0. The lowest BCUT2D eigenvalue weighted by Gasteiger charge is -2.32. The van der Waals surface area contributed by atoms with Crippen LogP contribution in [0.15, 0.2) is 72.9 Å². The number of hydrogen-bond donors (Lipinski definition) is 1. The van der Waals surface area contributed by atoms with E-state index < -0.39 is 0 Å². The van der Waals surface area contributed by atoms with Gasteiger partial charge in [0, 0.05) is 43.5 Å². The van der Waals surface area contributed by atoms with Gasteiger partial charge in [0.1, 0.15) is 5.82 Å². The van der Waals surface area contributed by atoms with Crippen molar-refractivity contribution < 1.29 is 0 Å². The highest BCUT2D eigenvalue weighted by Crippen LogP contribution is 2.32. The summed E-state index contributed by atoms with van der Waals surface area (Å²) in [5.74, 6) is 1.07. The number of rotatable bonds is 5. The molecule has 33 heavy (non-hydrogen) atoms. The average Bonchev–Trinajstić information content (AvgIpc) is 2.85. The van der Waals surface area contributed by atoms with Gasteiger partial charge in [-0.05, 0) is 67.2 Å². The average molecular weight is 438 g/mol. The highest BCUT2D eigenvalue weighted by Gasteiger charge is 2.21. The Morgan fingerprint density at radius 2 is 1.70 bits per heavy atom. The van der Waals surface area contributed by atoms with Crippen LogP contribution in [0.1, 0.15) is 29.9 Å². The minimum Gasteiger partial charge on any atom is -0.383 e. The van der Waals surface area contributed by atoms with Gasteiger partial charge in [0.25, 0.3) is 0 Å². The van der Waals surface area contributed by atoms with Crippen molar-refractivity contribution in [2.24, 2.45) is 0 Å². The molecule has 2 aromatic carbocycles. The van der Waals surface area contributed by atoms with Crippen molar-refractivity contribution in [2.75, 3.05) is 37.8 Å². The van der Waals surface area contributed by atoms with Crippen molar-refractivity contribution in [2.45, 2.75) is 25.3 Å². The second-order valence-electron chi connectivity index (χ2n) is 9.21. The fourth-order valence-corrected chi connectivity index (χ4v) is 4.73. The Kier molecular flexibility index (Phi) is 5.97. The molecule has 5 heteroatoms. The molecular formula is C28H31N5. The van der Waals surface area contributed by atoms with E-state index in [4.69, 9.17) is 15.7 Å². The van der Waals surface area contributed by atoms with Crippen LogP contribution in [0.4, 0.5) is 11.5 Å². The largest absolute Gasteiger partial charge is 0.383 e. The molecular weight excluding hydrogens is 406 g/mol. The van der Waals surface area contributed by atoms with Crippen molar-refractivity contribution in [3.63, 3.8) is 0 Å². The summed E-state index contributed by atoms with van der Waals surface area (Å²) in [4.78, 5) is 14.1. The van der Waals surface area contributed by atoms with Crippen LogP contribution in [0.3, 0.4) is 0 Å². The van der Waals surface area contributed by atoms with E-state index in [0.29, 0.717) is 11.7 Å². The van der Waals surface area contributed by atoms with E-state index in [-0.39, 0.29) is 0 Å². The summed E-state index contributed by atoms with van der Waals surface area (Å²) >= 11 is 0. The van der Waals surface area contributed by atoms with Gasteiger partial charge in [0.05, 0.1) is 11.2 Å². The summed E-state index contributed by atoms with van der Waals surface area (Å²) in [6.07, 6.45) is 4.32. The second-order valence-corrected chi connectivity index (χ2v) is 9.21. The Morgan fingerprint density at radius 1 is 0.970 bits per heavy atom. The Hall–Kier alpha value is -3.44. The molecule has 5 nitrogen and oxygen atoms in total. The second kappa shape index (κ2) is 9.20. The molecule has 0 spiro atoms. The first-order valence-electron chi connectivity index (χ1n) is 11.7. The highest BCUT2D eigenvalue weighted by atomic mass is 15.1. The molecule has 0 saturated carbocycles. The van der Waals surface area contributed by atoms with Crippen LogP contribution < -0.4 is 10.6 Å².